The SMILES string of the molecule is CNC(C)Cc1ccc2c(c1)SCC2. The molecule has 2 heteroatoms. The van der Waals surface area contributed by atoms with Gasteiger partial charge in [0.15, 0.2) is 0 Å². The quantitative estimate of drug-likeness (QED) is 0.817. The Hall–Kier alpha value is -0.470. The van der Waals surface area contributed by atoms with Crippen molar-refractivity contribution in [2.24, 2.45) is 0 Å². The fraction of sp³-hybridized carbons (Fsp3) is 0.500. The van der Waals surface area contributed by atoms with Gasteiger partial charge in [-0.1, -0.05) is 12.1 Å². The molecule has 0 saturated heterocycles. The fourth-order valence-electron chi connectivity index (χ4n) is 1.79. The summed E-state index contributed by atoms with van der Waals surface area (Å²) in [6, 6.07) is 7.51. The van der Waals surface area contributed by atoms with Crippen LogP contribution in [0.15, 0.2) is 23.1 Å². The Kier molecular flexibility index (Phi) is 3.14. The lowest BCUT2D eigenvalue weighted by Gasteiger charge is -2.10. The highest BCUT2D eigenvalue weighted by Gasteiger charge is 2.11. The van der Waals surface area contributed by atoms with Crippen LogP contribution in [-0.2, 0) is 12.8 Å². The van der Waals surface area contributed by atoms with Crippen molar-refractivity contribution in [2.45, 2.75) is 30.7 Å². The molecule has 2 rings (SSSR count). The Bertz CT molecular complexity index is 322. The Balaban J connectivity index is 2.12. The van der Waals surface area contributed by atoms with Gasteiger partial charge >= 0.3 is 0 Å². The van der Waals surface area contributed by atoms with Gasteiger partial charge in [0.1, 0.15) is 0 Å². The lowest BCUT2D eigenvalue weighted by Crippen LogP contribution is -2.23. The van der Waals surface area contributed by atoms with E-state index < -0.39 is 0 Å². The zero-order chi connectivity index (χ0) is 9.97. The van der Waals surface area contributed by atoms with Crippen LogP contribution in [0.4, 0.5) is 0 Å². The molecule has 1 aliphatic heterocycles. The van der Waals surface area contributed by atoms with Gasteiger partial charge in [0.05, 0.1) is 0 Å². The molecule has 0 aromatic heterocycles. The molecule has 0 fully saturated rings. The Morgan fingerprint density at radius 1 is 1.50 bits per heavy atom. The van der Waals surface area contributed by atoms with Crippen LogP contribution in [0.3, 0.4) is 0 Å². The first kappa shape index (κ1) is 10.1. The topological polar surface area (TPSA) is 12.0 Å². The Morgan fingerprint density at radius 3 is 3.14 bits per heavy atom. The highest BCUT2D eigenvalue weighted by molar-refractivity contribution is 7.99. The maximum absolute atomic E-state index is 3.27. The van der Waals surface area contributed by atoms with Crippen LogP contribution in [0.5, 0.6) is 0 Å². The van der Waals surface area contributed by atoms with Crippen molar-refractivity contribution in [3.05, 3.63) is 29.3 Å². The number of nitrogens with one attached hydrogen (secondary N) is 1. The zero-order valence-corrected chi connectivity index (χ0v) is 9.66. The van der Waals surface area contributed by atoms with Crippen LogP contribution >= 0.6 is 11.8 Å². The first-order chi connectivity index (χ1) is 6.79. The summed E-state index contributed by atoms with van der Waals surface area (Å²) in [6.45, 7) is 2.22. The molecule has 0 bridgehead atoms. The highest BCUT2D eigenvalue weighted by atomic mass is 32.2. The number of aryl methyl sites for hydroxylation is 1. The van der Waals surface area contributed by atoms with E-state index in [1.54, 1.807) is 0 Å². The standard InChI is InChI=1S/C12H17NS/c1-9(13-2)7-10-3-4-11-5-6-14-12(11)8-10/h3-4,8-9,13H,5-7H2,1-2H3. The number of hydrogen-bond donors (Lipinski definition) is 1. The van der Waals surface area contributed by atoms with Crippen LogP contribution in [0, 0.1) is 0 Å². The van der Waals surface area contributed by atoms with E-state index in [0.717, 1.165) is 6.42 Å². The summed E-state index contributed by atoms with van der Waals surface area (Å²) in [5, 5.41) is 3.27. The number of hydrogen-bond acceptors (Lipinski definition) is 2. The monoisotopic (exact) mass is 207 g/mol. The molecule has 0 aliphatic carbocycles. The molecule has 0 saturated carbocycles. The van der Waals surface area contributed by atoms with Crippen LogP contribution in [0.25, 0.3) is 0 Å². The van der Waals surface area contributed by atoms with Crippen molar-refractivity contribution in [2.75, 3.05) is 12.8 Å². The molecule has 1 atom stereocenters. The largest absolute Gasteiger partial charge is 0.317 e. The van der Waals surface area contributed by atoms with Crippen LogP contribution < -0.4 is 5.32 Å². The van der Waals surface area contributed by atoms with Gasteiger partial charge in [-0.05, 0) is 44.0 Å². The van der Waals surface area contributed by atoms with E-state index in [1.165, 1.54) is 28.2 Å². The first-order valence-corrected chi connectivity index (χ1v) is 6.20. The Morgan fingerprint density at radius 2 is 2.36 bits per heavy atom. The van der Waals surface area contributed by atoms with Gasteiger partial charge in [-0.2, -0.15) is 0 Å². The minimum Gasteiger partial charge on any atom is -0.317 e. The number of likely N-dealkylation sites (N-methyl/N-ethyl adjacent to an activating group) is 1. The molecule has 14 heavy (non-hydrogen) atoms. The van der Waals surface area contributed by atoms with Crippen LogP contribution in [-0.4, -0.2) is 18.8 Å². The highest BCUT2D eigenvalue weighted by Crippen LogP contribution is 2.31. The predicted octanol–water partition coefficient (Wildman–Crippen LogP) is 2.49. The summed E-state index contributed by atoms with van der Waals surface area (Å²) in [4.78, 5) is 1.51. The molecule has 1 nitrogen and oxygen atoms in total. The van der Waals surface area contributed by atoms with Crippen molar-refractivity contribution in [1.82, 2.24) is 5.32 Å². The third kappa shape index (κ3) is 2.12. The summed E-state index contributed by atoms with van der Waals surface area (Å²) in [5.74, 6) is 1.26. The molecule has 0 amide bonds. The molecule has 0 radical (unpaired) electrons. The van der Waals surface area contributed by atoms with Gasteiger partial charge < -0.3 is 5.32 Å². The molecule has 1 unspecified atom stereocenters. The molecular formula is C12H17NS. The maximum Gasteiger partial charge on any atom is 0.0107 e. The van der Waals surface area contributed by atoms with Gasteiger partial charge in [0.25, 0.3) is 0 Å². The number of fused-ring (bicyclic) bond motifs is 1. The smallest absolute Gasteiger partial charge is 0.0107 e. The molecule has 1 aromatic carbocycles. The average molecular weight is 207 g/mol. The third-order valence-electron chi connectivity index (χ3n) is 2.80. The molecule has 1 aliphatic rings. The minimum atomic E-state index is 0.569. The minimum absolute atomic E-state index is 0.569. The lowest BCUT2D eigenvalue weighted by atomic mass is 10.0. The van der Waals surface area contributed by atoms with Crippen molar-refractivity contribution < 1.29 is 0 Å². The molecule has 1 N–H and O–H groups in total. The lowest BCUT2D eigenvalue weighted by molar-refractivity contribution is 0.608. The van der Waals surface area contributed by atoms with E-state index in [1.807, 2.05) is 18.8 Å². The second kappa shape index (κ2) is 4.37. The molecule has 76 valence electrons. The van der Waals surface area contributed by atoms with Crippen molar-refractivity contribution >= 4 is 11.8 Å². The summed E-state index contributed by atoms with van der Waals surface area (Å²) < 4.78 is 0. The summed E-state index contributed by atoms with van der Waals surface area (Å²) >= 11 is 2.00. The van der Waals surface area contributed by atoms with Gasteiger partial charge in [-0.3, -0.25) is 0 Å². The van der Waals surface area contributed by atoms with Crippen molar-refractivity contribution in [3.8, 4) is 0 Å². The van der Waals surface area contributed by atoms with E-state index in [2.05, 4.69) is 30.4 Å². The van der Waals surface area contributed by atoms with Gasteiger partial charge in [0, 0.05) is 16.7 Å². The molecule has 0 spiro atoms. The molecular weight excluding hydrogens is 190 g/mol. The van der Waals surface area contributed by atoms with E-state index in [0.29, 0.717) is 6.04 Å². The molecule has 1 aromatic rings. The normalized spacial score (nSPS) is 16.7. The Labute approximate surface area is 90.3 Å². The van der Waals surface area contributed by atoms with Gasteiger partial charge in [0.2, 0.25) is 0 Å². The van der Waals surface area contributed by atoms with Gasteiger partial charge in [-0.15, -0.1) is 11.8 Å². The van der Waals surface area contributed by atoms with Crippen LogP contribution in [0.2, 0.25) is 0 Å². The van der Waals surface area contributed by atoms with Crippen LogP contribution in [0.1, 0.15) is 18.1 Å². The van der Waals surface area contributed by atoms with E-state index in [4.69, 9.17) is 0 Å². The summed E-state index contributed by atoms with van der Waals surface area (Å²) in [5.41, 5.74) is 3.00. The van der Waals surface area contributed by atoms with E-state index >= 15 is 0 Å². The van der Waals surface area contributed by atoms with E-state index in [-0.39, 0.29) is 0 Å². The average Bonchev–Trinajstić information content (AvgIpc) is 2.64. The first-order valence-electron chi connectivity index (χ1n) is 5.21. The zero-order valence-electron chi connectivity index (χ0n) is 8.84. The predicted molar refractivity (Wildman–Crippen MR) is 63.1 cm³/mol. The van der Waals surface area contributed by atoms with Crippen molar-refractivity contribution in [1.29, 1.82) is 0 Å². The maximum atomic E-state index is 3.27. The second-order valence-electron chi connectivity index (χ2n) is 3.93. The number of thioether (sulfide) groups is 1. The molecule has 1 heterocycles. The number of benzene rings is 1. The van der Waals surface area contributed by atoms with Crippen molar-refractivity contribution in [3.63, 3.8) is 0 Å². The fourth-order valence-corrected chi connectivity index (χ4v) is 2.93. The second-order valence-corrected chi connectivity index (χ2v) is 5.07. The van der Waals surface area contributed by atoms with Gasteiger partial charge in [-0.25, -0.2) is 0 Å². The van der Waals surface area contributed by atoms with E-state index in [9.17, 15) is 0 Å². The number of rotatable bonds is 3. The summed E-state index contributed by atoms with van der Waals surface area (Å²) in [7, 11) is 2.02. The third-order valence-corrected chi connectivity index (χ3v) is 3.89. The summed E-state index contributed by atoms with van der Waals surface area (Å²) in [6.07, 6.45) is 2.38.